The predicted molar refractivity (Wildman–Crippen MR) is 132 cm³/mol. The highest BCUT2D eigenvalue weighted by Gasteiger charge is 2.13. The van der Waals surface area contributed by atoms with Crippen LogP contribution in [0.15, 0.2) is 66.7 Å². The molecule has 0 heterocycles. The van der Waals surface area contributed by atoms with Crippen LogP contribution in [0.25, 0.3) is 22.3 Å². The molecule has 33 heavy (non-hydrogen) atoms. The fraction of sp³-hybridized carbons (Fsp3) is 0.310. The minimum absolute atomic E-state index is 0.184. The molecule has 0 spiro atoms. The van der Waals surface area contributed by atoms with E-state index in [-0.39, 0.29) is 5.56 Å². The summed E-state index contributed by atoms with van der Waals surface area (Å²) in [6.45, 7) is 2.98. The fourth-order valence-corrected chi connectivity index (χ4v) is 3.87. The summed E-state index contributed by atoms with van der Waals surface area (Å²) in [6, 6.07) is 22.5. The summed E-state index contributed by atoms with van der Waals surface area (Å²) < 4.78 is 5.88. The monoisotopic (exact) mass is 441 g/mol. The number of unbranched alkanes of at least 4 members (excludes halogenated alkanes) is 6. The van der Waals surface area contributed by atoms with Crippen molar-refractivity contribution in [1.82, 2.24) is 0 Å². The van der Waals surface area contributed by atoms with Gasteiger partial charge < -0.3 is 9.84 Å². The number of hydrogen-bond acceptors (Lipinski definition) is 3. The summed E-state index contributed by atoms with van der Waals surface area (Å²) in [7, 11) is 0. The Bertz CT molecular complexity index is 1080. The number of ether oxygens (including phenoxy) is 1. The van der Waals surface area contributed by atoms with E-state index < -0.39 is 5.97 Å². The van der Waals surface area contributed by atoms with E-state index in [0.29, 0.717) is 11.1 Å². The Kier molecular flexibility index (Phi) is 9.08. The van der Waals surface area contributed by atoms with Crippen LogP contribution in [-0.4, -0.2) is 17.7 Å². The number of nitriles is 1. The van der Waals surface area contributed by atoms with Crippen LogP contribution in [0.4, 0.5) is 0 Å². The molecule has 4 nitrogen and oxygen atoms in total. The number of aromatic carboxylic acids is 1. The minimum Gasteiger partial charge on any atom is -0.494 e. The molecular weight excluding hydrogens is 410 g/mol. The molecule has 0 unspecified atom stereocenters. The van der Waals surface area contributed by atoms with Crippen LogP contribution in [0.1, 0.15) is 67.8 Å². The van der Waals surface area contributed by atoms with Gasteiger partial charge in [-0.3, -0.25) is 0 Å². The zero-order valence-corrected chi connectivity index (χ0v) is 19.2. The van der Waals surface area contributed by atoms with Crippen LogP contribution >= 0.6 is 0 Å². The Morgan fingerprint density at radius 1 is 0.818 bits per heavy atom. The van der Waals surface area contributed by atoms with E-state index >= 15 is 0 Å². The maximum absolute atomic E-state index is 11.6. The van der Waals surface area contributed by atoms with Crippen LogP contribution in [0, 0.1) is 11.3 Å². The van der Waals surface area contributed by atoms with Crippen molar-refractivity contribution in [3.8, 4) is 34.1 Å². The largest absolute Gasteiger partial charge is 0.494 e. The highest BCUT2D eigenvalue weighted by atomic mass is 16.5. The topological polar surface area (TPSA) is 70.3 Å². The van der Waals surface area contributed by atoms with Gasteiger partial charge in [0.2, 0.25) is 0 Å². The molecule has 0 aliphatic rings. The van der Waals surface area contributed by atoms with E-state index in [1.165, 1.54) is 50.7 Å². The molecular formula is C29H31NO3. The second kappa shape index (κ2) is 12.5. The average molecular weight is 442 g/mol. The Hall–Kier alpha value is -3.58. The van der Waals surface area contributed by atoms with Crippen molar-refractivity contribution in [2.75, 3.05) is 6.61 Å². The van der Waals surface area contributed by atoms with Crippen LogP contribution in [0.3, 0.4) is 0 Å². The van der Waals surface area contributed by atoms with Crippen molar-refractivity contribution in [2.24, 2.45) is 0 Å². The van der Waals surface area contributed by atoms with Gasteiger partial charge in [-0.05, 0) is 59.0 Å². The summed E-state index contributed by atoms with van der Waals surface area (Å²) in [4.78, 5) is 11.6. The van der Waals surface area contributed by atoms with Crippen LogP contribution in [0.2, 0.25) is 0 Å². The maximum atomic E-state index is 11.6. The average Bonchev–Trinajstić information content (AvgIpc) is 2.85. The third kappa shape index (κ3) is 6.95. The highest BCUT2D eigenvalue weighted by molar-refractivity contribution is 5.96. The second-order valence-electron chi connectivity index (χ2n) is 8.25. The molecule has 0 bridgehead atoms. The lowest BCUT2D eigenvalue weighted by atomic mass is 9.95. The number of carboxylic acids is 1. The smallest absolute Gasteiger partial charge is 0.336 e. The molecule has 3 aromatic carbocycles. The zero-order valence-electron chi connectivity index (χ0n) is 19.2. The minimum atomic E-state index is -1.01. The fourth-order valence-electron chi connectivity index (χ4n) is 3.87. The van der Waals surface area contributed by atoms with Gasteiger partial charge in [0.15, 0.2) is 0 Å². The molecule has 0 aliphatic carbocycles. The van der Waals surface area contributed by atoms with Crippen molar-refractivity contribution in [2.45, 2.75) is 51.9 Å². The molecule has 3 aromatic rings. The van der Waals surface area contributed by atoms with Gasteiger partial charge >= 0.3 is 5.97 Å². The second-order valence-corrected chi connectivity index (χ2v) is 8.25. The van der Waals surface area contributed by atoms with E-state index in [1.807, 2.05) is 48.5 Å². The van der Waals surface area contributed by atoms with Gasteiger partial charge in [-0.15, -0.1) is 0 Å². The molecule has 0 aliphatic heterocycles. The molecule has 0 atom stereocenters. The zero-order chi connectivity index (χ0) is 23.5. The van der Waals surface area contributed by atoms with E-state index in [0.717, 1.165) is 35.5 Å². The summed E-state index contributed by atoms with van der Waals surface area (Å²) in [5, 5.41) is 18.7. The number of hydrogen-bond donors (Lipinski definition) is 1. The predicted octanol–water partition coefficient (Wildman–Crippen LogP) is 7.72. The lowest BCUT2D eigenvalue weighted by molar-refractivity contribution is 0.0697. The molecule has 170 valence electrons. The molecule has 0 saturated heterocycles. The normalized spacial score (nSPS) is 10.5. The number of rotatable bonds is 12. The van der Waals surface area contributed by atoms with Crippen LogP contribution < -0.4 is 4.74 Å². The van der Waals surface area contributed by atoms with Crippen molar-refractivity contribution >= 4 is 5.97 Å². The van der Waals surface area contributed by atoms with E-state index in [2.05, 4.69) is 13.0 Å². The first-order valence-electron chi connectivity index (χ1n) is 11.7. The molecule has 1 N–H and O–H groups in total. The van der Waals surface area contributed by atoms with Crippen molar-refractivity contribution < 1.29 is 14.6 Å². The van der Waals surface area contributed by atoms with Crippen LogP contribution in [0.5, 0.6) is 5.75 Å². The molecule has 4 heteroatoms. The first-order chi connectivity index (χ1) is 16.1. The summed E-state index contributed by atoms with van der Waals surface area (Å²) in [6.07, 6.45) is 8.87. The Morgan fingerprint density at radius 3 is 2.00 bits per heavy atom. The van der Waals surface area contributed by atoms with Crippen molar-refractivity contribution in [3.63, 3.8) is 0 Å². The van der Waals surface area contributed by atoms with Crippen LogP contribution in [-0.2, 0) is 0 Å². The van der Waals surface area contributed by atoms with Gasteiger partial charge in [-0.1, -0.05) is 81.8 Å². The summed E-state index contributed by atoms with van der Waals surface area (Å²) in [5.41, 5.74) is 4.03. The Labute approximate surface area is 196 Å². The van der Waals surface area contributed by atoms with Gasteiger partial charge in [0.25, 0.3) is 0 Å². The molecule has 3 rings (SSSR count). The lowest BCUT2D eigenvalue weighted by Crippen LogP contribution is -2.00. The number of carboxylic acid groups (broad SMARTS) is 1. The maximum Gasteiger partial charge on any atom is 0.336 e. The SMILES string of the molecule is CCCCCCCCCOc1ccc(-c2ccc(-c3cc(C#N)ccc3C(=O)O)cc2)cc1. The highest BCUT2D eigenvalue weighted by Crippen LogP contribution is 2.29. The number of benzene rings is 3. The van der Waals surface area contributed by atoms with Gasteiger partial charge in [0.1, 0.15) is 5.75 Å². The van der Waals surface area contributed by atoms with Crippen molar-refractivity contribution in [3.05, 3.63) is 77.9 Å². The summed E-state index contributed by atoms with van der Waals surface area (Å²) in [5.74, 6) is -0.133. The van der Waals surface area contributed by atoms with E-state index in [9.17, 15) is 9.90 Å². The first-order valence-corrected chi connectivity index (χ1v) is 11.7. The Morgan fingerprint density at radius 2 is 1.39 bits per heavy atom. The molecule has 0 aromatic heterocycles. The summed E-state index contributed by atoms with van der Waals surface area (Å²) >= 11 is 0. The van der Waals surface area contributed by atoms with Gasteiger partial charge in [-0.25, -0.2) is 4.79 Å². The third-order valence-corrected chi connectivity index (χ3v) is 5.78. The Balaban J connectivity index is 1.58. The van der Waals surface area contributed by atoms with Crippen molar-refractivity contribution in [1.29, 1.82) is 5.26 Å². The number of carbonyl (C=O) groups is 1. The van der Waals surface area contributed by atoms with Gasteiger partial charge in [-0.2, -0.15) is 5.26 Å². The molecule has 0 amide bonds. The number of nitrogens with zero attached hydrogens (tertiary/aromatic N) is 1. The van der Waals surface area contributed by atoms with Gasteiger partial charge in [0.05, 0.1) is 23.8 Å². The van der Waals surface area contributed by atoms with Gasteiger partial charge in [0, 0.05) is 0 Å². The van der Waals surface area contributed by atoms with E-state index in [1.54, 1.807) is 6.07 Å². The standard InChI is InChI=1S/C29H31NO3/c1-2-3-4-5-6-7-8-19-33-26-16-14-24(15-17-26)23-10-12-25(13-11-23)28-20-22(21-30)9-18-27(28)29(31)32/h9-18,20H,2-8,19H2,1H3,(H,31,32). The quantitative estimate of drug-likeness (QED) is 0.292. The van der Waals surface area contributed by atoms with E-state index in [4.69, 9.17) is 10.00 Å². The molecule has 0 radical (unpaired) electrons. The molecule has 0 fully saturated rings. The molecule has 0 saturated carbocycles. The first kappa shape index (κ1) is 24.1. The lowest BCUT2D eigenvalue weighted by Gasteiger charge is -2.10. The third-order valence-electron chi connectivity index (χ3n) is 5.78.